The van der Waals surface area contributed by atoms with Crippen LogP contribution < -0.4 is 0 Å². The molecule has 0 bridgehead atoms. The smallest absolute Gasteiger partial charge is 0.0840 e. The molecule has 0 amide bonds. The summed E-state index contributed by atoms with van der Waals surface area (Å²) in [4.78, 5) is 5.71. The molecule has 0 N–H and O–H groups in total. The van der Waals surface area contributed by atoms with Crippen LogP contribution >= 0.6 is 11.3 Å². The van der Waals surface area contributed by atoms with Gasteiger partial charge in [-0.3, -0.25) is 4.98 Å². The average molecular weight is 163 g/mol. The summed E-state index contributed by atoms with van der Waals surface area (Å²) in [7, 11) is 0. The highest BCUT2D eigenvalue weighted by Gasteiger charge is 2.00. The van der Waals surface area contributed by atoms with E-state index in [4.69, 9.17) is 0 Å². The normalized spacial score (nSPS) is 10.6. The number of thiophene rings is 1. The van der Waals surface area contributed by atoms with Crippen molar-refractivity contribution < 1.29 is 0 Å². The minimum Gasteiger partial charge on any atom is -0.255 e. The molecule has 0 fully saturated rings. The highest BCUT2D eigenvalue weighted by Crippen LogP contribution is 2.23. The maximum atomic E-state index is 4.32. The molecule has 0 radical (unpaired) electrons. The van der Waals surface area contributed by atoms with E-state index in [0.29, 0.717) is 0 Å². The fraction of sp³-hybridized carbons (Fsp3) is 0.222. The molecular formula is C9H9NS. The van der Waals surface area contributed by atoms with Crippen molar-refractivity contribution in [2.24, 2.45) is 0 Å². The molecule has 0 aliphatic heterocycles. The van der Waals surface area contributed by atoms with Crippen molar-refractivity contribution in [3.05, 3.63) is 28.6 Å². The van der Waals surface area contributed by atoms with E-state index in [1.165, 1.54) is 15.8 Å². The number of rotatable bonds is 1. The lowest BCUT2D eigenvalue weighted by molar-refractivity contribution is 1.19. The van der Waals surface area contributed by atoms with E-state index in [1.54, 1.807) is 11.3 Å². The number of nitrogens with zero attached hydrogens (tertiary/aromatic N) is 1. The van der Waals surface area contributed by atoms with E-state index in [2.05, 4.69) is 23.4 Å². The summed E-state index contributed by atoms with van der Waals surface area (Å²) in [5.74, 6) is 0. The molecule has 2 heterocycles. The second-order valence-electron chi connectivity index (χ2n) is 2.45. The molecule has 1 nitrogen and oxygen atoms in total. The maximum Gasteiger partial charge on any atom is 0.0840 e. The van der Waals surface area contributed by atoms with Crippen LogP contribution in [0.15, 0.2) is 23.7 Å². The molecule has 0 saturated heterocycles. The molecule has 0 unspecified atom stereocenters. The maximum absolute atomic E-state index is 4.32. The number of pyridine rings is 1. The monoisotopic (exact) mass is 163 g/mol. The lowest BCUT2D eigenvalue weighted by Crippen LogP contribution is -1.76. The molecule has 0 aliphatic rings. The van der Waals surface area contributed by atoms with Gasteiger partial charge in [0.15, 0.2) is 0 Å². The predicted octanol–water partition coefficient (Wildman–Crippen LogP) is 2.86. The Balaban J connectivity index is 2.76. The Hall–Kier alpha value is -0.890. The highest BCUT2D eigenvalue weighted by molar-refractivity contribution is 7.11. The number of hydrogen-bond acceptors (Lipinski definition) is 2. The standard InChI is InChI=1S/C9H9NS/c1-2-8-9-7(6-11-8)4-3-5-10-9/h3-6H,2H2,1H3. The van der Waals surface area contributed by atoms with Crippen molar-refractivity contribution in [2.75, 3.05) is 0 Å². The summed E-state index contributed by atoms with van der Waals surface area (Å²) < 4.78 is 0. The lowest BCUT2D eigenvalue weighted by atomic mass is 10.2. The lowest BCUT2D eigenvalue weighted by Gasteiger charge is -1.89. The minimum absolute atomic E-state index is 1.09. The molecule has 0 spiro atoms. The zero-order valence-electron chi connectivity index (χ0n) is 6.37. The van der Waals surface area contributed by atoms with Crippen LogP contribution in [0, 0.1) is 0 Å². The van der Waals surface area contributed by atoms with Crippen LogP contribution in [-0.2, 0) is 6.42 Å². The van der Waals surface area contributed by atoms with E-state index in [1.807, 2.05) is 12.3 Å². The van der Waals surface area contributed by atoms with Crippen LogP contribution in [0.5, 0.6) is 0 Å². The zero-order chi connectivity index (χ0) is 7.68. The molecule has 2 heteroatoms. The number of hydrogen-bond donors (Lipinski definition) is 0. The number of aromatic nitrogens is 1. The Kier molecular flexibility index (Phi) is 1.62. The quantitative estimate of drug-likeness (QED) is 0.630. The summed E-state index contributed by atoms with van der Waals surface area (Å²) in [5.41, 5.74) is 1.18. The largest absolute Gasteiger partial charge is 0.255 e. The SMILES string of the molecule is CCc1scc2cccnc12. The zero-order valence-corrected chi connectivity index (χ0v) is 7.19. The van der Waals surface area contributed by atoms with Crippen molar-refractivity contribution in [1.29, 1.82) is 0 Å². The molecule has 0 aromatic carbocycles. The first-order valence-corrected chi connectivity index (χ1v) is 4.61. The van der Waals surface area contributed by atoms with Gasteiger partial charge in [0.2, 0.25) is 0 Å². The van der Waals surface area contributed by atoms with Gasteiger partial charge in [-0.2, -0.15) is 0 Å². The van der Waals surface area contributed by atoms with Gasteiger partial charge in [-0.1, -0.05) is 13.0 Å². The van der Waals surface area contributed by atoms with Crippen LogP contribution in [0.1, 0.15) is 11.8 Å². The number of aryl methyl sites for hydroxylation is 1. The van der Waals surface area contributed by atoms with Crippen LogP contribution in [-0.4, -0.2) is 4.98 Å². The van der Waals surface area contributed by atoms with Gasteiger partial charge in [0.25, 0.3) is 0 Å². The molecule has 0 saturated carbocycles. The van der Waals surface area contributed by atoms with Crippen molar-refractivity contribution >= 4 is 22.2 Å². The first-order valence-electron chi connectivity index (χ1n) is 3.73. The fourth-order valence-corrected chi connectivity index (χ4v) is 2.10. The second kappa shape index (κ2) is 2.62. The van der Waals surface area contributed by atoms with E-state index in [9.17, 15) is 0 Å². The molecule has 2 aromatic rings. The summed E-state index contributed by atoms with van der Waals surface area (Å²) in [6, 6.07) is 4.09. The molecular weight excluding hydrogens is 154 g/mol. The van der Waals surface area contributed by atoms with E-state index in [0.717, 1.165) is 6.42 Å². The van der Waals surface area contributed by atoms with Gasteiger partial charge >= 0.3 is 0 Å². The van der Waals surface area contributed by atoms with Gasteiger partial charge in [-0.25, -0.2) is 0 Å². The summed E-state index contributed by atoms with van der Waals surface area (Å²) in [5, 5.41) is 3.44. The van der Waals surface area contributed by atoms with Gasteiger partial charge in [-0.15, -0.1) is 11.3 Å². The molecule has 0 aliphatic carbocycles. The third kappa shape index (κ3) is 1.03. The molecule has 0 atom stereocenters. The summed E-state index contributed by atoms with van der Waals surface area (Å²) >= 11 is 1.80. The fourth-order valence-electron chi connectivity index (χ4n) is 1.19. The Bertz CT molecular complexity index is 364. The molecule has 11 heavy (non-hydrogen) atoms. The first-order chi connectivity index (χ1) is 5.42. The minimum atomic E-state index is 1.09. The van der Waals surface area contributed by atoms with E-state index < -0.39 is 0 Å². The average Bonchev–Trinajstić information content (AvgIpc) is 2.47. The van der Waals surface area contributed by atoms with E-state index >= 15 is 0 Å². The molecule has 2 rings (SSSR count). The van der Waals surface area contributed by atoms with Crippen molar-refractivity contribution in [1.82, 2.24) is 4.98 Å². The van der Waals surface area contributed by atoms with Gasteiger partial charge < -0.3 is 0 Å². The van der Waals surface area contributed by atoms with Gasteiger partial charge in [-0.05, 0) is 12.5 Å². The Labute approximate surface area is 69.7 Å². The van der Waals surface area contributed by atoms with E-state index in [-0.39, 0.29) is 0 Å². The first kappa shape index (κ1) is 6.80. The van der Waals surface area contributed by atoms with Crippen molar-refractivity contribution in [2.45, 2.75) is 13.3 Å². The van der Waals surface area contributed by atoms with Crippen LogP contribution in [0.3, 0.4) is 0 Å². The van der Waals surface area contributed by atoms with Crippen molar-refractivity contribution in [3.63, 3.8) is 0 Å². The van der Waals surface area contributed by atoms with Crippen LogP contribution in [0.25, 0.3) is 10.9 Å². The Morgan fingerprint density at radius 3 is 3.27 bits per heavy atom. The third-order valence-corrected chi connectivity index (χ3v) is 2.89. The third-order valence-electron chi connectivity index (χ3n) is 1.75. The van der Waals surface area contributed by atoms with Crippen molar-refractivity contribution in [3.8, 4) is 0 Å². The topological polar surface area (TPSA) is 12.9 Å². The summed E-state index contributed by atoms with van der Waals surface area (Å²) in [6.07, 6.45) is 2.94. The van der Waals surface area contributed by atoms with Gasteiger partial charge in [0.05, 0.1) is 5.52 Å². The van der Waals surface area contributed by atoms with Gasteiger partial charge in [0, 0.05) is 21.8 Å². The Morgan fingerprint density at radius 2 is 2.45 bits per heavy atom. The van der Waals surface area contributed by atoms with Crippen LogP contribution in [0.4, 0.5) is 0 Å². The highest BCUT2D eigenvalue weighted by atomic mass is 32.1. The Morgan fingerprint density at radius 1 is 1.55 bits per heavy atom. The van der Waals surface area contributed by atoms with Gasteiger partial charge in [0.1, 0.15) is 0 Å². The summed E-state index contributed by atoms with van der Waals surface area (Å²) in [6.45, 7) is 2.17. The number of fused-ring (bicyclic) bond motifs is 1. The molecule has 56 valence electrons. The predicted molar refractivity (Wildman–Crippen MR) is 49.0 cm³/mol. The second-order valence-corrected chi connectivity index (χ2v) is 3.42. The van der Waals surface area contributed by atoms with Crippen LogP contribution in [0.2, 0.25) is 0 Å². The molecule has 2 aromatic heterocycles.